The fourth-order valence-corrected chi connectivity index (χ4v) is 10.5. The smallest absolute Gasteiger partial charge is 0.305 e. The van der Waals surface area contributed by atoms with E-state index in [1.165, 1.54) is 40.5 Å². The Morgan fingerprint density at radius 2 is 1.86 bits per heavy atom. The number of thioether (sulfide) groups is 1. The first-order valence-electron chi connectivity index (χ1n) is 14.0. The summed E-state index contributed by atoms with van der Waals surface area (Å²) >= 11 is 2.77. The molecular formula is C30H28FN3O6S2. The number of nitrogens with one attached hydrogen (secondary N) is 2. The second kappa shape index (κ2) is 10.3. The number of carbonyl (C=O) groups is 3. The van der Waals surface area contributed by atoms with Gasteiger partial charge in [-0.1, -0.05) is 17.4 Å². The van der Waals surface area contributed by atoms with Gasteiger partial charge in [0.05, 0.1) is 23.5 Å². The Balaban J connectivity index is 1.15. The Bertz CT molecular complexity index is 1660. The second-order valence-electron chi connectivity index (χ2n) is 11.3. The summed E-state index contributed by atoms with van der Waals surface area (Å²) < 4.78 is 18.9. The number of halogens is 1. The topological polar surface area (TPSA) is 129 Å². The van der Waals surface area contributed by atoms with Crippen LogP contribution in [-0.4, -0.2) is 51.1 Å². The fourth-order valence-electron chi connectivity index (χ4n) is 7.64. The van der Waals surface area contributed by atoms with Crippen LogP contribution in [0.3, 0.4) is 0 Å². The Labute approximate surface area is 248 Å². The number of hydrogen-bond donors (Lipinski definition) is 3. The van der Waals surface area contributed by atoms with Crippen LogP contribution in [0.25, 0.3) is 0 Å². The Kier molecular flexibility index (Phi) is 6.65. The Morgan fingerprint density at radius 3 is 2.60 bits per heavy atom. The number of carbonyl (C=O) groups excluding carboxylic acids is 3. The van der Waals surface area contributed by atoms with Gasteiger partial charge in [-0.05, 0) is 73.1 Å². The van der Waals surface area contributed by atoms with Crippen LogP contribution in [0.4, 0.5) is 10.1 Å². The molecule has 9 nitrogen and oxygen atoms in total. The molecule has 3 fully saturated rings. The molecule has 2 bridgehead atoms. The highest BCUT2D eigenvalue weighted by Crippen LogP contribution is 2.68. The number of phenols is 1. The molecule has 3 heterocycles. The molecule has 3 amide bonds. The number of amides is 3. The number of aromatic amines is 1. The van der Waals surface area contributed by atoms with Gasteiger partial charge >= 0.3 is 4.87 Å². The monoisotopic (exact) mass is 609 g/mol. The summed E-state index contributed by atoms with van der Waals surface area (Å²) in [7, 11) is 0. The minimum Gasteiger partial charge on any atom is -0.504 e. The first-order chi connectivity index (χ1) is 20.2. The van der Waals surface area contributed by atoms with Crippen LogP contribution < -0.4 is 14.9 Å². The van der Waals surface area contributed by atoms with Gasteiger partial charge in [0.1, 0.15) is 5.82 Å². The van der Waals surface area contributed by atoms with Crippen LogP contribution in [-0.2, 0) is 14.4 Å². The number of phenolic OH excluding ortho intramolecular Hbond substituents is 1. The summed E-state index contributed by atoms with van der Waals surface area (Å²) in [6, 6.07) is 10.7. The molecule has 0 radical (unpaired) electrons. The number of likely N-dealkylation sites (tertiary alicyclic amines) is 1. The van der Waals surface area contributed by atoms with E-state index in [1.54, 1.807) is 17.8 Å². The van der Waals surface area contributed by atoms with E-state index in [2.05, 4.69) is 10.3 Å². The molecule has 42 heavy (non-hydrogen) atoms. The Morgan fingerprint density at radius 1 is 1.12 bits per heavy atom. The van der Waals surface area contributed by atoms with Crippen LogP contribution in [0, 0.1) is 35.4 Å². The number of nitrogens with zero attached hydrogens (tertiary/aromatic N) is 1. The van der Waals surface area contributed by atoms with Crippen molar-refractivity contribution >= 4 is 46.5 Å². The molecule has 2 aliphatic heterocycles. The van der Waals surface area contributed by atoms with Gasteiger partial charge in [-0.25, -0.2) is 4.39 Å². The third kappa shape index (κ3) is 4.26. The summed E-state index contributed by atoms with van der Waals surface area (Å²) in [5, 5.41) is 13.9. The van der Waals surface area contributed by atoms with E-state index in [0.717, 1.165) is 21.9 Å². The van der Waals surface area contributed by atoms with Crippen LogP contribution in [0.2, 0.25) is 0 Å². The summed E-state index contributed by atoms with van der Waals surface area (Å²) in [5.41, 5.74) is 1.34. The van der Waals surface area contributed by atoms with Gasteiger partial charge in [0.2, 0.25) is 17.7 Å². The van der Waals surface area contributed by atoms with Crippen molar-refractivity contribution in [2.24, 2.45) is 29.6 Å². The standard InChI is InChI=1S/C30H28FN3O6S2/c1-2-40-19-11-13(3-8-18(19)35)21-22-16-12-17(25(22)41-27-26(21)42-30(39)33-27)24-23(16)28(37)34(29(24)38)10-9-20(36)32-15-6-4-14(31)5-7-15/h3-8,11,16-17,21-25,35H,2,9-10,12H2,1H3,(H,32,36)(H,33,39). The molecule has 7 rings (SSSR count). The quantitative estimate of drug-likeness (QED) is 0.343. The number of imide groups is 1. The number of rotatable bonds is 7. The lowest BCUT2D eigenvalue weighted by Crippen LogP contribution is -2.42. The minimum atomic E-state index is -0.465. The van der Waals surface area contributed by atoms with Gasteiger partial charge in [0.15, 0.2) is 11.5 Å². The number of ether oxygens (including phenoxy) is 1. The van der Waals surface area contributed by atoms with Crippen molar-refractivity contribution in [1.29, 1.82) is 0 Å². The summed E-state index contributed by atoms with van der Waals surface area (Å²) in [6.07, 6.45) is 0.695. The molecule has 3 N–H and O–H groups in total. The van der Waals surface area contributed by atoms with E-state index in [0.29, 0.717) is 18.0 Å². The normalized spacial score (nSPS) is 28.9. The zero-order valence-corrected chi connectivity index (χ0v) is 24.2. The first kappa shape index (κ1) is 27.2. The molecule has 1 saturated heterocycles. The number of thiazole rings is 1. The lowest BCUT2D eigenvalue weighted by atomic mass is 9.68. The van der Waals surface area contributed by atoms with Gasteiger partial charge < -0.3 is 20.1 Å². The van der Waals surface area contributed by atoms with Crippen molar-refractivity contribution in [3.8, 4) is 11.5 Å². The number of hydrogen-bond acceptors (Lipinski definition) is 8. The molecule has 4 aliphatic rings. The lowest BCUT2D eigenvalue weighted by Gasteiger charge is -2.43. The van der Waals surface area contributed by atoms with Crippen molar-refractivity contribution < 1.29 is 28.6 Å². The van der Waals surface area contributed by atoms with E-state index in [1.807, 2.05) is 19.1 Å². The predicted molar refractivity (Wildman–Crippen MR) is 154 cm³/mol. The Hall–Kier alpha value is -3.64. The van der Waals surface area contributed by atoms with Crippen LogP contribution >= 0.6 is 23.1 Å². The van der Waals surface area contributed by atoms with Gasteiger partial charge in [-0.2, -0.15) is 0 Å². The highest BCUT2D eigenvalue weighted by atomic mass is 32.2. The highest BCUT2D eigenvalue weighted by molar-refractivity contribution is 8.00. The lowest BCUT2D eigenvalue weighted by molar-refractivity contribution is -0.141. The number of anilines is 1. The second-order valence-corrected chi connectivity index (χ2v) is 13.5. The predicted octanol–water partition coefficient (Wildman–Crippen LogP) is 4.18. The van der Waals surface area contributed by atoms with Crippen molar-refractivity contribution in [3.05, 3.63) is 68.4 Å². The highest BCUT2D eigenvalue weighted by Gasteiger charge is 2.69. The molecule has 12 heteroatoms. The van der Waals surface area contributed by atoms with E-state index in [9.17, 15) is 28.7 Å². The number of benzene rings is 2. The van der Waals surface area contributed by atoms with E-state index in [-0.39, 0.29) is 70.2 Å². The van der Waals surface area contributed by atoms with E-state index in [4.69, 9.17) is 4.74 Å². The molecule has 218 valence electrons. The van der Waals surface area contributed by atoms with Crippen LogP contribution in [0.1, 0.15) is 36.1 Å². The average molecular weight is 610 g/mol. The summed E-state index contributed by atoms with van der Waals surface area (Å²) in [5.74, 6) is -2.02. The molecule has 7 atom stereocenters. The molecule has 2 aliphatic carbocycles. The van der Waals surface area contributed by atoms with Crippen LogP contribution in [0.5, 0.6) is 11.5 Å². The number of aromatic hydroxyl groups is 1. The van der Waals surface area contributed by atoms with Gasteiger partial charge in [0.25, 0.3) is 0 Å². The zero-order chi connectivity index (χ0) is 29.3. The maximum atomic E-state index is 13.8. The first-order valence-corrected chi connectivity index (χ1v) is 15.7. The van der Waals surface area contributed by atoms with Crippen molar-refractivity contribution in [2.45, 2.75) is 36.0 Å². The van der Waals surface area contributed by atoms with Gasteiger partial charge in [-0.15, -0.1) is 11.8 Å². The number of H-pyrrole nitrogens is 1. The van der Waals surface area contributed by atoms with Crippen molar-refractivity contribution in [2.75, 3.05) is 18.5 Å². The molecule has 2 aromatic carbocycles. The maximum Gasteiger partial charge on any atom is 0.305 e. The number of fused-ring (bicyclic) bond motifs is 9. The van der Waals surface area contributed by atoms with Crippen molar-refractivity contribution in [1.82, 2.24) is 9.88 Å². The molecule has 2 saturated carbocycles. The summed E-state index contributed by atoms with van der Waals surface area (Å²) in [4.78, 5) is 57.5. The third-order valence-electron chi connectivity index (χ3n) is 9.15. The van der Waals surface area contributed by atoms with Crippen molar-refractivity contribution in [3.63, 3.8) is 0 Å². The molecule has 0 spiro atoms. The number of aromatic nitrogens is 1. The SMILES string of the molecule is CCOc1cc(C2c3sc(=O)[nH]c3SC3C4CC(C5C(=O)N(CCC(=O)Nc6ccc(F)cc6)C(=O)C45)C23)ccc1O. The van der Waals surface area contributed by atoms with Gasteiger partial charge in [-0.3, -0.25) is 24.1 Å². The third-order valence-corrected chi connectivity index (χ3v) is 11.7. The molecule has 3 aromatic rings. The minimum absolute atomic E-state index is 0.0118. The largest absolute Gasteiger partial charge is 0.504 e. The average Bonchev–Trinajstić information content (AvgIpc) is 3.69. The summed E-state index contributed by atoms with van der Waals surface area (Å²) in [6.45, 7) is 2.21. The maximum absolute atomic E-state index is 13.8. The molecule has 7 unspecified atom stereocenters. The van der Waals surface area contributed by atoms with E-state index >= 15 is 0 Å². The molecular weight excluding hydrogens is 581 g/mol. The van der Waals surface area contributed by atoms with Gasteiger partial charge in [0, 0.05) is 34.7 Å². The molecule has 1 aromatic heterocycles. The fraction of sp³-hybridized carbons (Fsp3) is 0.400. The van der Waals surface area contributed by atoms with Crippen LogP contribution in [0.15, 0.2) is 52.3 Å². The zero-order valence-electron chi connectivity index (χ0n) is 22.5. The van der Waals surface area contributed by atoms with E-state index < -0.39 is 17.7 Å².